The van der Waals surface area contributed by atoms with Crippen LogP contribution in [0.25, 0.3) is 0 Å². The lowest BCUT2D eigenvalue weighted by atomic mass is 10.1. The highest BCUT2D eigenvalue weighted by Crippen LogP contribution is 2.37. The van der Waals surface area contributed by atoms with Gasteiger partial charge in [-0.05, 0) is 51.3 Å². The number of halogens is 1. The molecular formula is C22H28FN3O5. The van der Waals surface area contributed by atoms with Gasteiger partial charge in [-0.25, -0.2) is 14.0 Å². The molecule has 3 heterocycles. The number of carboxylic acids is 1. The summed E-state index contributed by atoms with van der Waals surface area (Å²) in [6.07, 6.45) is 0.273. The zero-order valence-corrected chi connectivity index (χ0v) is 18.0. The number of aliphatic carboxylic acids is 1. The Hall–Kier alpha value is -2.68. The largest absolute Gasteiger partial charge is 0.480 e. The summed E-state index contributed by atoms with van der Waals surface area (Å²) in [5, 5.41) is 9.63. The van der Waals surface area contributed by atoms with Gasteiger partial charge in [0.2, 0.25) is 5.91 Å². The van der Waals surface area contributed by atoms with Crippen molar-refractivity contribution >= 4 is 18.0 Å². The molecule has 4 rings (SSSR count). The van der Waals surface area contributed by atoms with Crippen LogP contribution in [-0.2, 0) is 20.9 Å². The third kappa shape index (κ3) is 4.23. The van der Waals surface area contributed by atoms with Crippen LogP contribution in [0.3, 0.4) is 0 Å². The molecule has 4 atom stereocenters. The number of piperazine rings is 1. The van der Waals surface area contributed by atoms with Gasteiger partial charge in [-0.1, -0.05) is 12.1 Å². The fourth-order valence-electron chi connectivity index (χ4n) is 4.93. The van der Waals surface area contributed by atoms with Crippen molar-refractivity contribution in [1.29, 1.82) is 0 Å². The van der Waals surface area contributed by atoms with Crippen molar-refractivity contribution in [2.75, 3.05) is 13.1 Å². The first kappa shape index (κ1) is 21.5. The SMILES string of the molecule is CC(C)(C)OC(=O)N1C[C@@H](N2C[C@@H]3C[C@H]2C(=O)N3Cc2cccc(F)c2)C[C@H]1C(=O)O. The Bertz CT molecular complexity index is 901. The molecule has 0 aliphatic carbocycles. The number of benzene rings is 1. The highest BCUT2D eigenvalue weighted by Gasteiger charge is 2.54. The van der Waals surface area contributed by atoms with E-state index in [1.165, 1.54) is 17.0 Å². The predicted octanol–water partition coefficient (Wildman–Crippen LogP) is 2.07. The average molecular weight is 433 g/mol. The van der Waals surface area contributed by atoms with Crippen molar-refractivity contribution in [3.8, 4) is 0 Å². The summed E-state index contributed by atoms with van der Waals surface area (Å²) < 4.78 is 18.9. The second kappa shape index (κ2) is 7.78. The maximum absolute atomic E-state index is 13.5. The van der Waals surface area contributed by atoms with Crippen molar-refractivity contribution in [3.05, 3.63) is 35.6 Å². The van der Waals surface area contributed by atoms with Crippen molar-refractivity contribution in [1.82, 2.24) is 14.7 Å². The van der Waals surface area contributed by atoms with E-state index in [4.69, 9.17) is 4.74 Å². The predicted molar refractivity (Wildman–Crippen MR) is 109 cm³/mol. The molecule has 0 spiro atoms. The molecule has 8 nitrogen and oxygen atoms in total. The maximum Gasteiger partial charge on any atom is 0.411 e. The van der Waals surface area contributed by atoms with Crippen LogP contribution in [0.15, 0.2) is 24.3 Å². The second-order valence-electron chi connectivity index (χ2n) is 9.57. The normalized spacial score (nSPS) is 28.5. The first-order valence-electron chi connectivity index (χ1n) is 10.6. The lowest BCUT2D eigenvalue weighted by Gasteiger charge is -2.37. The van der Waals surface area contributed by atoms with Crippen molar-refractivity contribution in [2.24, 2.45) is 0 Å². The van der Waals surface area contributed by atoms with E-state index in [0.29, 0.717) is 19.5 Å². The molecule has 0 saturated carbocycles. The molecule has 1 aromatic carbocycles. The van der Waals surface area contributed by atoms with E-state index in [1.54, 1.807) is 37.8 Å². The topological polar surface area (TPSA) is 90.4 Å². The quantitative estimate of drug-likeness (QED) is 0.782. The Balaban J connectivity index is 1.44. The van der Waals surface area contributed by atoms with Crippen LogP contribution in [0.4, 0.5) is 9.18 Å². The highest BCUT2D eigenvalue weighted by atomic mass is 19.1. The summed E-state index contributed by atoms with van der Waals surface area (Å²) in [5.41, 5.74) is 0.0218. The number of ether oxygens (including phenoxy) is 1. The van der Waals surface area contributed by atoms with E-state index in [0.717, 1.165) is 5.56 Å². The Morgan fingerprint density at radius 3 is 2.55 bits per heavy atom. The van der Waals surface area contributed by atoms with Gasteiger partial charge in [0.15, 0.2) is 0 Å². The second-order valence-corrected chi connectivity index (χ2v) is 9.57. The van der Waals surface area contributed by atoms with Crippen LogP contribution >= 0.6 is 0 Å². The summed E-state index contributed by atoms with van der Waals surface area (Å²) >= 11 is 0. The summed E-state index contributed by atoms with van der Waals surface area (Å²) in [6.45, 7) is 6.40. The molecule has 3 aliphatic rings. The van der Waals surface area contributed by atoms with Gasteiger partial charge in [0, 0.05) is 31.7 Å². The molecule has 2 amide bonds. The first-order chi connectivity index (χ1) is 14.5. The van der Waals surface area contributed by atoms with Gasteiger partial charge >= 0.3 is 12.1 Å². The summed E-state index contributed by atoms with van der Waals surface area (Å²) in [6, 6.07) is 4.71. The Labute approximate surface area is 180 Å². The van der Waals surface area contributed by atoms with Gasteiger partial charge in [-0.2, -0.15) is 0 Å². The highest BCUT2D eigenvalue weighted by molar-refractivity contribution is 5.86. The maximum atomic E-state index is 13.5. The standard InChI is InChI=1S/C22H28FN3O5/c1-22(2,3)31-21(30)26-12-15(9-18(26)20(28)29)24-11-16-8-17(24)19(27)25(16)10-13-5-4-6-14(23)7-13/h4-7,15-18H,8-12H2,1-3H3,(H,28,29)/t15-,16-,17-,18-/m0/s1. The summed E-state index contributed by atoms with van der Waals surface area (Å²) in [5.74, 6) is -1.43. The van der Waals surface area contributed by atoms with Crippen LogP contribution in [0.2, 0.25) is 0 Å². The number of carbonyl (C=O) groups is 3. The third-order valence-electron chi connectivity index (χ3n) is 6.23. The van der Waals surface area contributed by atoms with Gasteiger partial charge in [0.05, 0.1) is 6.04 Å². The molecule has 2 bridgehead atoms. The Kier molecular flexibility index (Phi) is 5.41. The number of likely N-dealkylation sites (tertiary alicyclic amines) is 3. The number of amides is 2. The van der Waals surface area contributed by atoms with Crippen LogP contribution < -0.4 is 0 Å². The molecule has 3 fully saturated rings. The molecule has 3 saturated heterocycles. The van der Waals surface area contributed by atoms with Crippen LogP contribution in [0.5, 0.6) is 0 Å². The third-order valence-corrected chi connectivity index (χ3v) is 6.23. The average Bonchev–Trinajstić information content (AvgIpc) is 3.34. The zero-order valence-electron chi connectivity index (χ0n) is 18.0. The number of carbonyl (C=O) groups excluding carboxylic acids is 2. The van der Waals surface area contributed by atoms with Gasteiger partial charge < -0.3 is 14.7 Å². The minimum Gasteiger partial charge on any atom is -0.480 e. The van der Waals surface area contributed by atoms with Crippen molar-refractivity contribution in [3.63, 3.8) is 0 Å². The molecule has 168 valence electrons. The van der Waals surface area contributed by atoms with Gasteiger partial charge in [-0.15, -0.1) is 0 Å². The molecule has 0 aromatic heterocycles. The molecule has 1 aromatic rings. The van der Waals surface area contributed by atoms with Crippen molar-refractivity contribution in [2.45, 2.75) is 69.9 Å². The van der Waals surface area contributed by atoms with E-state index in [1.807, 2.05) is 4.90 Å². The van der Waals surface area contributed by atoms with Gasteiger partial charge in [0.1, 0.15) is 17.5 Å². The molecule has 1 N–H and O–H groups in total. The molecule has 31 heavy (non-hydrogen) atoms. The summed E-state index contributed by atoms with van der Waals surface area (Å²) in [4.78, 5) is 42.4. The smallest absolute Gasteiger partial charge is 0.411 e. The van der Waals surface area contributed by atoms with E-state index in [-0.39, 0.29) is 42.8 Å². The van der Waals surface area contributed by atoms with Crippen LogP contribution in [0, 0.1) is 5.82 Å². The minimum absolute atomic E-state index is 0.000350. The molecule has 3 aliphatic heterocycles. The molecular weight excluding hydrogens is 405 g/mol. The fourth-order valence-corrected chi connectivity index (χ4v) is 4.93. The number of fused-ring (bicyclic) bond motifs is 2. The lowest BCUT2D eigenvalue weighted by Crippen LogP contribution is -2.54. The van der Waals surface area contributed by atoms with E-state index >= 15 is 0 Å². The van der Waals surface area contributed by atoms with E-state index in [2.05, 4.69) is 0 Å². The van der Waals surface area contributed by atoms with Crippen LogP contribution in [-0.4, -0.2) is 80.6 Å². The number of hydrogen-bond acceptors (Lipinski definition) is 5. The fraction of sp³-hybridized carbons (Fsp3) is 0.591. The molecule has 0 unspecified atom stereocenters. The number of nitrogens with zero attached hydrogens (tertiary/aromatic N) is 3. The number of hydrogen-bond donors (Lipinski definition) is 1. The first-order valence-corrected chi connectivity index (χ1v) is 10.6. The monoisotopic (exact) mass is 433 g/mol. The number of rotatable bonds is 4. The lowest BCUT2D eigenvalue weighted by molar-refractivity contribution is -0.142. The van der Waals surface area contributed by atoms with Crippen molar-refractivity contribution < 1.29 is 28.6 Å². The Morgan fingerprint density at radius 2 is 1.94 bits per heavy atom. The summed E-state index contributed by atoms with van der Waals surface area (Å²) in [7, 11) is 0. The van der Waals surface area contributed by atoms with Gasteiger partial charge in [0.25, 0.3) is 0 Å². The molecule has 0 radical (unpaired) electrons. The number of carboxylic acid groups (broad SMARTS) is 1. The van der Waals surface area contributed by atoms with E-state index < -0.39 is 23.7 Å². The molecule has 9 heteroatoms. The van der Waals surface area contributed by atoms with Gasteiger partial charge in [-0.3, -0.25) is 14.6 Å². The van der Waals surface area contributed by atoms with Crippen LogP contribution in [0.1, 0.15) is 39.2 Å². The zero-order chi connectivity index (χ0) is 22.5. The minimum atomic E-state index is -1.07. The van der Waals surface area contributed by atoms with E-state index in [9.17, 15) is 23.9 Å². The Morgan fingerprint density at radius 1 is 1.19 bits per heavy atom.